The lowest BCUT2D eigenvalue weighted by atomic mass is 9.93. The molecule has 0 fully saturated rings. The normalized spacial score (nSPS) is 15.6. The van der Waals surface area contributed by atoms with Gasteiger partial charge >= 0.3 is 0 Å². The van der Waals surface area contributed by atoms with Crippen LogP contribution in [-0.4, -0.2) is 15.6 Å². The van der Waals surface area contributed by atoms with E-state index in [0.29, 0.717) is 19.1 Å². The SMILES string of the molecule is O=c1c2c3c(sc2ncn1Cc1cccc2ccccc12)CC(NCc1cccc(F)c1)CC3. The number of aromatic nitrogens is 2. The predicted octanol–water partition coefficient (Wildman–Crippen LogP) is 5.45. The van der Waals surface area contributed by atoms with Crippen LogP contribution in [0.5, 0.6) is 0 Å². The summed E-state index contributed by atoms with van der Waals surface area (Å²) in [6, 6.07) is 21.5. The number of thiophene rings is 1. The van der Waals surface area contributed by atoms with Crippen LogP contribution in [-0.2, 0) is 25.9 Å². The molecule has 3 aromatic carbocycles. The molecule has 0 saturated heterocycles. The minimum absolute atomic E-state index is 0.0432. The summed E-state index contributed by atoms with van der Waals surface area (Å²) in [4.78, 5) is 20.2. The molecule has 1 unspecified atom stereocenters. The van der Waals surface area contributed by atoms with Gasteiger partial charge in [-0.3, -0.25) is 9.36 Å². The first kappa shape index (κ1) is 21.2. The standard InChI is InChI=1S/C28H24FN3OS/c29-21-9-3-5-18(13-21)15-30-22-11-12-24-25(14-22)34-27-26(24)28(33)32(17-31-27)16-20-8-4-7-19-6-1-2-10-23(19)20/h1-10,13,17,22,30H,11-12,14-16H2. The van der Waals surface area contributed by atoms with Crippen LogP contribution in [0.4, 0.5) is 4.39 Å². The second-order valence-corrected chi connectivity index (χ2v) is 10.0. The van der Waals surface area contributed by atoms with Crippen molar-refractivity contribution < 1.29 is 4.39 Å². The Balaban J connectivity index is 1.26. The molecule has 6 rings (SSSR count). The topological polar surface area (TPSA) is 46.9 Å². The number of hydrogen-bond acceptors (Lipinski definition) is 4. The van der Waals surface area contributed by atoms with Crippen molar-refractivity contribution in [3.05, 3.63) is 111 Å². The van der Waals surface area contributed by atoms with Gasteiger partial charge in [0, 0.05) is 17.5 Å². The van der Waals surface area contributed by atoms with Crippen molar-refractivity contribution >= 4 is 32.3 Å². The molecule has 0 spiro atoms. The predicted molar refractivity (Wildman–Crippen MR) is 136 cm³/mol. The maximum absolute atomic E-state index is 13.5. The van der Waals surface area contributed by atoms with E-state index in [9.17, 15) is 9.18 Å². The number of rotatable bonds is 5. The molecule has 1 aliphatic rings. The molecule has 170 valence electrons. The third kappa shape index (κ3) is 3.93. The second kappa shape index (κ2) is 8.78. The zero-order chi connectivity index (χ0) is 23.1. The first-order valence-electron chi connectivity index (χ1n) is 11.6. The van der Waals surface area contributed by atoms with Crippen molar-refractivity contribution in [2.24, 2.45) is 0 Å². The number of nitrogens with one attached hydrogen (secondary N) is 1. The van der Waals surface area contributed by atoms with Gasteiger partial charge in [-0.05, 0) is 58.9 Å². The van der Waals surface area contributed by atoms with Gasteiger partial charge in [0.25, 0.3) is 5.56 Å². The Hall–Kier alpha value is -3.35. The third-order valence-corrected chi connectivity index (χ3v) is 7.90. The summed E-state index contributed by atoms with van der Waals surface area (Å²) in [6.07, 6.45) is 4.36. The number of fused-ring (bicyclic) bond motifs is 4. The highest BCUT2D eigenvalue weighted by Crippen LogP contribution is 2.34. The Morgan fingerprint density at radius 3 is 2.85 bits per heavy atom. The Morgan fingerprint density at radius 2 is 1.94 bits per heavy atom. The average Bonchev–Trinajstić information content (AvgIpc) is 3.23. The molecule has 1 atom stereocenters. The first-order chi connectivity index (χ1) is 16.7. The Kier molecular flexibility index (Phi) is 5.47. The second-order valence-electron chi connectivity index (χ2n) is 8.95. The number of halogens is 1. The lowest BCUT2D eigenvalue weighted by Gasteiger charge is -2.23. The summed E-state index contributed by atoms with van der Waals surface area (Å²) in [6.45, 7) is 1.14. The summed E-state index contributed by atoms with van der Waals surface area (Å²) >= 11 is 1.63. The van der Waals surface area contributed by atoms with E-state index in [2.05, 4.69) is 34.6 Å². The molecular formula is C28H24FN3OS. The van der Waals surface area contributed by atoms with Gasteiger partial charge in [0.2, 0.25) is 0 Å². The fourth-order valence-corrected chi connectivity index (χ4v) is 6.27. The van der Waals surface area contributed by atoms with Crippen LogP contribution in [0.15, 0.2) is 77.9 Å². The van der Waals surface area contributed by atoms with Gasteiger partial charge in [-0.2, -0.15) is 0 Å². The zero-order valence-electron chi connectivity index (χ0n) is 18.6. The van der Waals surface area contributed by atoms with Crippen molar-refractivity contribution in [2.45, 2.75) is 38.4 Å². The number of nitrogens with zero attached hydrogens (tertiary/aromatic N) is 2. The summed E-state index contributed by atoms with van der Waals surface area (Å²) in [5.74, 6) is -0.208. The number of aryl methyl sites for hydroxylation is 1. The maximum atomic E-state index is 13.5. The Labute approximate surface area is 200 Å². The summed E-state index contributed by atoms with van der Waals surface area (Å²) in [7, 11) is 0. The minimum Gasteiger partial charge on any atom is -0.310 e. The Bertz CT molecular complexity index is 1570. The van der Waals surface area contributed by atoms with Gasteiger partial charge in [-0.25, -0.2) is 9.37 Å². The van der Waals surface area contributed by atoms with Crippen molar-refractivity contribution in [1.82, 2.24) is 14.9 Å². The average molecular weight is 470 g/mol. The van der Waals surface area contributed by atoms with Gasteiger partial charge in [-0.15, -0.1) is 11.3 Å². The summed E-state index contributed by atoms with van der Waals surface area (Å²) < 4.78 is 15.2. The van der Waals surface area contributed by atoms with E-state index in [1.54, 1.807) is 34.4 Å². The highest BCUT2D eigenvalue weighted by Gasteiger charge is 2.25. The highest BCUT2D eigenvalue weighted by atomic mass is 32.1. The van der Waals surface area contributed by atoms with E-state index in [-0.39, 0.29) is 11.4 Å². The number of benzene rings is 3. The monoisotopic (exact) mass is 469 g/mol. The van der Waals surface area contributed by atoms with E-state index in [1.165, 1.54) is 16.3 Å². The molecular weight excluding hydrogens is 445 g/mol. The van der Waals surface area contributed by atoms with Crippen LogP contribution in [0, 0.1) is 5.82 Å². The molecule has 6 heteroatoms. The highest BCUT2D eigenvalue weighted by molar-refractivity contribution is 7.18. The van der Waals surface area contributed by atoms with E-state index in [4.69, 9.17) is 0 Å². The van der Waals surface area contributed by atoms with Gasteiger partial charge < -0.3 is 5.32 Å². The molecule has 0 radical (unpaired) electrons. The fourth-order valence-electron chi connectivity index (χ4n) is 5.01. The lowest BCUT2D eigenvalue weighted by Crippen LogP contribution is -2.33. The molecule has 0 aliphatic heterocycles. The van der Waals surface area contributed by atoms with E-state index in [0.717, 1.165) is 51.6 Å². The quantitative estimate of drug-likeness (QED) is 0.373. The molecule has 0 amide bonds. The van der Waals surface area contributed by atoms with Crippen LogP contribution in [0.2, 0.25) is 0 Å². The molecule has 4 nitrogen and oxygen atoms in total. The van der Waals surface area contributed by atoms with Crippen molar-refractivity contribution in [2.75, 3.05) is 0 Å². The van der Waals surface area contributed by atoms with Gasteiger partial charge in [-0.1, -0.05) is 54.6 Å². The van der Waals surface area contributed by atoms with Crippen molar-refractivity contribution in [3.63, 3.8) is 0 Å². The van der Waals surface area contributed by atoms with Crippen LogP contribution in [0.3, 0.4) is 0 Å². The Morgan fingerprint density at radius 1 is 1.09 bits per heavy atom. The summed E-state index contributed by atoms with van der Waals surface area (Å²) in [5.41, 5.74) is 3.27. The molecule has 1 aliphatic carbocycles. The lowest BCUT2D eigenvalue weighted by molar-refractivity contribution is 0.462. The number of hydrogen-bond donors (Lipinski definition) is 1. The molecule has 2 heterocycles. The molecule has 5 aromatic rings. The molecule has 34 heavy (non-hydrogen) atoms. The van der Waals surface area contributed by atoms with E-state index >= 15 is 0 Å². The van der Waals surface area contributed by atoms with Crippen molar-refractivity contribution in [3.8, 4) is 0 Å². The molecule has 0 bridgehead atoms. The van der Waals surface area contributed by atoms with Crippen LogP contribution in [0.1, 0.15) is 28.0 Å². The zero-order valence-corrected chi connectivity index (χ0v) is 19.4. The maximum Gasteiger partial charge on any atom is 0.262 e. The van der Waals surface area contributed by atoms with E-state index in [1.807, 2.05) is 24.3 Å². The van der Waals surface area contributed by atoms with Crippen molar-refractivity contribution in [1.29, 1.82) is 0 Å². The largest absolute Gasteiger partial charge is 0.310 e. The molecule has 2 aromatic heterocycles. The fraction of sp³-hybridized carbons (Fsp3) is 0.214. The van der Waals surface area contributed by atoms with Gasteiger partial charge in [0.1, 0.15) is 10.6 Å². The minimum atomic E-state index is -0.208. The van der Waals surface area contributed by atoms with Crippen LogP contribution in [0.25, 0.3) is 21.0 Å². The van der Waals surface area contributed by atoms with Gasteiger partial charge in [0.05, 0.1) is 18.3 Å². The molecule has 0 saturated carbocycles. The smallest absolute Gasteiger partial charge is 0.262 e. The van der Waals surface area contributed by atoms with Crippen LogP contribution < -0.4 is 10.9 Å². The molecule has 1 N–H and O–H groups in total. The van der Waals surface area contributed by atoms with Crippen LogP contribution >= 0.6 is 11.3 Å². The first-order valence-corrected chi connectivity index (χ1v) is 12.4. The van der Waals surface area contributed by atoms with E-state index < -0.39 is 0 Å². The van der Waals surface area contributed by atoms with Gasteiger partial charge in [0.15, 0.2) is 0 Å². The third-order valence-electron chi connectivity index (χ3n) is 6.74. The summed E-state index contributed by atoms with van der Waals surface area (Å²) in [5, 5.41) is 6.68.